The highest BCUT2D eigenvalue weighted by molar-refractivity contribution is 6.17. The van der Waals surface area contributed by atoms with Crippen molar-refractivity contribution in [2.24, 2.45) is 4.99 Å². The number of hydrogen-bond acceptors (Lipinski definition) is 2. The van der Waals surface area contributed by atoms with Gasteiger partial charge in [0.05, 0.1) is 5.36 Å². The van der Waals surface area contributed by atoms with Crippen molar-refractivity contribution in [3.05, 3.63) is 34.3 Å². The van der Waals surface area contributed by atoms with Crippen molar-refractivity contribution in [2.75, 3.05) is 0 Å². The van der Waals surface area contributed by atoms with Crippen molar-refractivity contribution in [1.29, 1.82) is 0 Å². The zero-order valence-electron chi connectivity index (χ0n) is 7.27. The van der Waals surface area contributed by atoms with E-state index < -0.39 is 12.0 Å². The number of fused-ring (bicyclic) bond motifs is 1. The molecule has 1 aromatic rings. The molecule has 1 unspecified atom stereocenters. The zero-order valence-corrected chi connectivity index (χ0v) is 8.03. The molecule has 4 heteroatoms. The van der Waals surface area contributed by atoms with Gasteiger partial charge in [0.1, 0.15) is 0 Å². The lowest BCUT2D eigenvalue weighted by atomic mass is 10.2. The summed E-state index contributed by atoms with van der Waals surface area (Å²) in [6.07, 6.45) is 1.63. The Labute approximate surface area is 85.4 Å². The molecule has 72 valence electrons. The first-order valence-electron chi connectivity index (χ1n) is 4.18. The zero-order chi connectivity index (χ0) is 10.1. The Balaban J connectivity index is 2.53. The van der Waals surface area contributed by atoms with Gasteiger partial charge in [-0.15, -0.1) is 11.6 Å². The fraction of sp³-hybridized carbons (Fsp3) is 0.200. The summed E-state index contributed by atoms with van der Waals surface area (Å²) in [5, 5.41) is 10.3. The summed E-state index contributed by atoms with van der Waals surface area (Å²) < 4.78 is 0. The molecule has 1 aliphatic rings. The van der Waals surface area contributed by atoms with Crippen LogP contribution in [0.4, 0.5) is 0 Å². The molecular weight excluding hydrogens is 202 g/mol. The topological polar surface area (TPSA) is 49.7 Å². The Morgan fingerprint density at radius 2 is 2.36 bits per heavy atom. The minimum atomic E-state index is -0.923. The molecule has 1 N–H and O–H groups in total. The van der Waals surface area contributed by atoms with Gasteiger partial charge in [-0.2, -0.15) is 0 Å². The largest absolute Gasteiger partial charge is 0.479 e. The standard InChI is InChI=1S/C10H8ClNO2/c11-5-6-1-2-7-4-9(10(13)14)12-8(7)3-6/h1-4,9H,5H2,(H,13,14). The van der Waals surface area contributed by atoms with E-state index in [2.05, 4.69) is 4.99 Å². The molecule has 0 amide bonds. The summed E-state index contributed by atoms with van der Waals surface area (Å²) in [7, 11) is 0. The minimum absolute atomic E-state index is 0.417. The van der Waals surface area contributed by atoms with Gasteiger partial charge in [0.15, 0.2) is 6.04 Å². The van der Waals surface area contributed by atoms with E-state index in [4.69, 9.17) is 16.7 Å². The first-order chi connectivity index (χ1) is 6.70. The molecule has 3 nitrogen and oxygen atoms in total. The van der Waals surface area contributed by atoms with Crippen molar-refractivity contribution in [3.8, 4) is 0 Å². The lowest BCUT2D eigenvalue weighted by molar-refractivity contribution is -0.136. The quantitative estimate of drug-likeness (QED) is 0.712. The molecule has 0 aromatic heterocycles. The molecule has 2 rings (SSSR count). The average Bonchev–Trinajstić information content (AvgIpc) is 2.59. The lowest BCUT2D eigenvalue weighted by Crippen LogP contribution is -2.21. The highest BCUT2D eigenvalue weighted by Crippen LogP contribution is 2.01. The minimum Gasteiger partial charge on any atom is -0.479 e. The molecule has 0 saturated heterocycles. The number of nitrogens with zero attached hydrogens (tertiary/aromatic N) is 1. The summed E-state index contributed by atoms with van der Waals surface area (Å²) in [6, 6.07) is 4.80. The Bertz CT molecular complexity index is 495. The molecule has 0 fully saturated rings. The number of aliphatic carboxylic acids is 1. The van der Waals surface area contributed by atoms with Gasteiger partial charge in [0, 0.05) is 5.88 Å². The third-order valence-corrected chi connectivity index (χ3v) is 2.43. The van der Waals surface area contributed by atoms with E-state index >= 15 is 0 Å². The van der Waals surface area contributed by atoms with Gasteiger partial charge in [0.2, 0.25) is 0 Å². The van der Waals surface area contributed by atoms with Crippen LogP contribution < -0.4 is 10.6 Å². The molecule has 0 bridgehead atoms. The van der Waals surface area contributed by atoms with Crippen LogP contribution in [0.5, 0.6) is 0 Å². The van der Waals surface area contributed by atoms with Crippen molar-refractivity contribution >= 4 is 23.6 Å². The second-order valence-electron chi connectivity index (χ2n) is 3.11. The fourth-order valence-corrected chi connectivity index (χ4v) is 1.58. The van der Waals surface area contributed by atoms with E-state index in [0.29, 0.717) is 5.88 Å². The average molecular weight is 210 g/mol. The van der Waals surface area contributed by atoms with Gasteiger partial charge in [-0.3, -0.25) is 4.99 Å². The van der Waals surface area contributed by atoms with Gasteiger partial charge in [-0.25, -0.2) is 4.79 Å². The number of alkyl halides is 1. The Morgan fingerprint density at radius 1 is 1.57 bits per heavy atom. The van der Waals surface area contributed by atoms with Gasteiger partial charge >= 0.3 is 5.97 Å². The van der Waals surface area contributed by atoms with Crippen LogP contribution >= 0.6 is 11.6 Å². The van der Waals surface area contributed by atoms with Gasteiger partial charge in [-0.05, 0) is 22.9 Å². The van der Waals surface area contributed by atoms with Crippen LogP contribution in [0.1, 0.15) is 5.56 Å². The number of hydrogen-bond donors (Lipinski definition) is 1. The normalized spacial score (nSPS) is 18.2. The van der Waals surface area contributed by atoms with Gasteiger partial charge in [0.25, 0.3) is 0 Å². The molecule has 14 heavy (non-hydrogen) atoms. The van der Waals surface area contributed by atoms with E-state index in [1.165, 1.54) is 0 Å². The fourth-order valence-electron chi connectivity index (χ4n) is 1.41. The number of carbonyl (C=O) groups is 1. The predicted molar refractivity (Wildman–Crippen MR) is 52.7 cm³/mol. The van der Waals surface area contributed by atoms with Crippen molar-refractivity contribution < 1.29 is 9.90 Å². The highest BCUT2D eigenvalue weighted by Gasteiger charge is 2.15. The number of carboxylic acid groups (broad SMARTS) is 1. The monoisotopic (exact) mass is 209 g/mol. The third-order valence-electron chi connectivity index (χ3n) is 2.12. The van der Waals surface area contributed by atoms with Crippen molar-refractivity contribution in [2.45, 2.75) is 11.9 Å². The molecule has 0 aliphatic carbocycles. The first-order valence-corrected chi connectivity index (χ1v) is 4.71. The molecule has 1 aromatic carbocycles. The van der Waals surface area contributed by atoms with Crippen LogP contribution in [0.3, 0.4) is 0 Å². The lowest BCUT2D eigenvalue weighted by Gasteiger charge is -1.93. The molecule has 1 aliphatic heterocycles. The van der Waals surface area contributed by atoms with Crippen molar-refractivity contribution in [1.82, 2.24) is 0 Å². The predicted octanol–water partition coefficient (Wildman–Crippen LogP) is 0.292. The Morgan fingerprint density at radius 3 is 3.00 bits per heavy atom. The van der Waals surface area contributed by atoms with Crippen LogP contribution in [0, 0.1) is 0 Å². The molecule has 0 saturated carbocycles. The van der Waals surface area contributed by atoms with E-state index in [1.54, 1.807) is 6.08 Å². The van der Waals surface area contributed by atoms with E-state index in [1.807, 2.05) is 18.2 Å². The first kappa shape index (κ1) is 9.21. The van der Waals surface area contributed by atoms with Crippen LogP contribution in [0.2, 0.25) is 0 Å². The van der Waals surface area contributed by atoms with Gasteiger partial charge in [-0.1, -0.05) is 12.1 Å². The maximum absolute atomic E-state index is 10.7. The number of rotatable bonds is 2. The van der Waals surface area contributed by atoms with Crippen LogP contribution in [-0.2, 0) is 10.7 Å². The smallest absolute Gasteiger partial charge is 0.332 e. The third kappa shape index (κ3) is 1.51. The van der Waals surface area contributed by atoms with Crippen LogP contribution in [-0.4, -0.2) is 17.1 Å². The van der Waals surface area contributed by atoms with E-state index in [9.17, 15) is 4.79 Å². The maximum Gasteiger partial charge on any atom is 0.332 e. The van der Waals surface area contributed by atoms with E-state index in [-0.39, 0.29) is 0 Å². The number of halogens is 1. The second kappa shape index (κ2) is 3.42. The SMILES string of the molecule is O=C(O)C1C=c2ccc(CCl)cc2=N1. The Hall–Kier alpha value is -1.35. The van der Waals surface area contributed by atoms with Crippen LogP contribution in [0.25, 0.3) is 6.08 Å². The molecular formula is C10H8ClNO2. The van der Waals surface area contributed by atoms with Crippen LogP contribution in [0.15, 0.2) is 23.2 Å². The maximum atomic E-state index is 10.7. The molecule has 1 atom stereocenters. The van der Waals surface area contributed by atoms with Crippen molar-refractivity contribution in [3.63, 3.8) is 0 Å². The molecule has 1 heterocycles. The second-order valence-corrected chi connectivity index (χ2v) is 3.37. The molecule has 0 radical (unpaired) electrons. The van der Waals surface area contributed by atoms with Gasteiger partial charge < -0.3 is 5.11 Å². The summed E-state index contributed by atoms with van der Waals surface area (Å²) in [5.41, 5.74) is 0.952. The summed E-state index contributed by atoms with van der Waals surface area (Å²) in [6.45, 7) is 0. The molecule has 0 spiro atoms. The summed E-state index contributed by atoms with van der Waals surface area (Å²) in [5.74, 6) is -0.505. The Kier molecular flexibility index (Phi) is 2.25. The van der Waals surface area contributed by atoms with E-state index in [0.717, 1.165) is 16.1 Å². The highest BCUT2D eigenvalue weighted by atomic mass is 35.5. The summed E-state index contributed by atoms with van der Waals surface area (Å²) >= 11 is 5.66. The summed E-state index contributed by atoms with van der Waals surface area (Å²) in [4.78, 5) is 14.7. The number of carboxylic acids is 1. The number of benzene rings is 1.